The minimum absolute atomic E-state index is 0. The Kier molecular flexibility index (Phi) is 9.41. The zero-order chi connectivity index (χ0) is 19.1. The van der Waals surface area contributed by atoms with Crippen LogP contribution in [-0.4, -0.2) is 71.8 Å². The van der Waals surface area contributed by atoms with Gasteiger partial charge in [-0.2, -0.15) is 0 Å². The van der Waals surface area contributed by atoms with Crippen molar-refractivity contribution in [3.05, 3.63) is 29.8 Å². The zero-order valence-corrected chi connectivity index (χ0v) is 16.6. The van der Waals surface area contributed by atoms with Crippen molar-refractivity contribution in [2.24, 2.45) is 0 Å². The van der Waals surface area contributed by atoms with Gasteiger partial charge in [0, 0.05) is 18.2 Å². The Bertz CT molecular complexity index is 668. The van der Waals surface area contributed by atoms with Gasteiger partial charge in [0.05, 0.1) is 18.8 Å². The van der Waals surface area contributed by atoms with Crippen molar-refractivity contribution >= 4 is 35.8 Å². The normalized spacial score (nSPS) is 17.7. The maximum absolute atomic E-state index is 12.4. The van der Waals surface area contributed by atoms with Crippen LogP contribution in [0.2, 0.25) is 0 Å². The summed E-state index contributed by atoms with van der Waals surface area (Å²) in [5.74, 6) is -1.05. The number of anilines is 1. The minimum Gasteiger partial charge on any atom is -0.480 e. The lowest BCUT2D eigenvalue weighted by Crippen LogP contribution is -2.37. The number of likely N-dealkylation sites (N-methyl/N-ethyl adjacent to an activating group) is 1. The van der Waals surface area contributed by atoms with E-state index in [4.69, 9.17) is 5.11 Å². The lowest BCUT2D eigenvalue weighted by Gasteiger charge is -2.25. The molecule has 8 heteroatoms. The third kappa shape index (κ3) is 7.28. The van der Waals surface area contributed by atoms with Crippen LogP contribution in [0.4, 0.5) is 5.69 Å². The summed E-state index contributed by atoms with van der Waals surface area (Å²) in [6, 6.07) is 7.21. The third-order valence-electron chi connectivity index (χ3n) is 4.75. The van der Waals surface area contributed by atoms with Crippen LogP contribution in [-0.2, 0) is 9.59 Å². The SMILES string of the molecule is CC(=O)c1ccccc1NC(=O)CN1CCCC(N(C)CC(=O)O)CC1.Cl. The van der Waals surface area contributed by atoms with Crippen LogP contribution in [0.15, 0.2) is 24.3 Å². The summed E-state index contributed by atoms with van der Waals surface area (Å²) < 4.78 is 0. The number of likely N-dealkylation sites (tertiary alicyclic amines) is 1. The van der Waals surface area contributed by atoms with Crippen LogP contribution in [0.3, 0.4) is 0 Å². The van der Waals surface area contributed by atoms with Gasteiger partial charge in [-0.3, -0.25) is 24.2 Å². The van der Waals surface area contributed by atoms with Crippen LogP contribution >= 0.6 is 12.4 Å². The predicted octanol–water partition coefficient (Wildman–Crippen LogP) is 2.12. The lowest BCUT2D eigenvalue weighted by atomic mass is 10.1. The maximum Gasteiger partial charge on any atom is 0.317 e. The first kappa shape index (κ1) is 23.1. The van der Waals surface area contributed by atoms with E-state index in [2.05, 4.69) is 10.2 Å². The Morgan fingerprint density at radius 1 is 1.22 bits per heavy atom. The van der Waals surface area contributed by atoms with E-state index in [9.17, 15) is 14.4 Å². The number of rotatable bonds is 7. The number of hydrogen-bond acceptors (Lipinski definition) is 5. The highest BCUT2D eigenvalue weighted by molar-refractivity contribution is 6.04. The molecule has 1 aliphatic rings. The van der Waals surface area contributed by atoms with E-state index < -0.39 is 5.97 Å². The average molecular weight is 398 g/mol. The molecule has 1 aliphatic heterocycles. The van der Waals surface area contributed by atoms with Gasteiger partial charge in [0.25, 0.3) is 0 Å². The number of para-hydroxylation sites is 1. The Morgan fingerprint density at radius 3 is 2.59 bits per heavy atom. The van der Waals surface area contributed by atoms with Gasteiger partial charge in [-0.15, -0.1) is 12.4 Å². The molecule has 150 valence electrons. The quantitative estimate of drug-likeness (QED) is 0.685. The molecular weight excluding hydrogens is 370 g/mol. The molecule has 1 aromatic rings. The molecule has 0 saturated carbocycles. The minimum atomic E-state index is -0.822. The van der Waals surface area contributed by atoms with Crippen molar-refractivity contribution in [3.8, 4) is 0 Å². The molecule has 0 aromatic heterocycles. The van der Waals surface area contributed by atoms with Gasteiger partial charge < -0.3 is 10.4 Å². The van der Waals surface area contributed by atoms with Crippen LogP contribution in [0.1, 0.15) is 36.5 Å². The maximum atomic E-state index is 12.4. The first-order chi connectivity index (χ1) is 12.4. The highest BCUT2D eigenvalue weighted by atomic mass is 35.5. The van der Waals surface area contributed by atoms with Gasteiger partial charge in [-0.25, -0.2) is 0 Å². The fraction of sp³-hybridized carbons (Fsp3) is 0.526. The number of carbonyl (C=O) groups is 3. The summed E-state index contributed by atoms with van der Waals surface area (Å²) in [4.78, 5) is 38.8. The molecule has 0 spiro atoms. The van der Waals surface area contributed by atoms with E-state index in [-0.39, 0.29) is 43.2 Å². The summed E-state index contributed by atoms with van der Waals surface area (Å²) in [5, 5.41) is 11.8. The number of carboxylic acid groups (broad SMARTS) is 1. The fourth-order valence-electron chi connectivity index (χ4n) is 3.37. The molecule has 2 N–H and O–H groups in total. The number of hydrogen-bond donors (Lipinski definition) is 2. The van der Waals surface area contributed by atoms with E-state index in [0.717, 1.165) is 32.4 Å². The monoisotopic (exact) mass is 397 g/mol. The Balaban J connectivity index is 0.00000364. The predicted molar refractivity (Wildman–Crippen MR) is 107 cm³/mol. The second-order valence-corrected chi connectivity index (χ2v) is 6.82. The van der Waals surface area contributed by atoms with Gasteiger partial charge in [0.1, 0.15) is 0 Å². The molecular formula is C19H28ClN3O4. The zero-order valence-electron chi connectivity index (χ0n) is 15.8. The molecule has 0 aliphatic carbocycles. The molecule has 27 heavy (non-hydrogen) atoms. The molecule has 1 unspecified atom stereocenters. The molecule has 1 aromatic carbocycles. The number of nitrogens with one attached hydrogen (secondary N) is 1. The van der Waals surface area contributed by atoms with Gasteiger partial charge in [-0.05, 0) is 51.9 Å². The molecule has 7 nitrogen and oxygen atoms in total. The van der Waals surface area contributed by atoms with Gasteiger partial charge >= 0.3 is 5.97 Å². The van der Waals surface area contributed by atoms with Crippen LogP contribution in [0.5, 0.6) is 0 Å². The first-order valence-corrected chi connectivity index (χ1v) is 8.91. The van der Waals surface area contributed by atoms with Crippen LogP contribution in [0, 0.1) is 0 Å². The van der Waals surface area contributed by atoms with Crippen molar-refractivity contribution < 1.29 is 19.5 Å². The van der Waals surface area contributed by atoms with E-state index in [0.29, 0.717) is 11.3 Å². The van der Waals surface area contributed by atoms with Crippen LogP contribution in [0.25, 0.3) is 0 Å². The number of carboxylic acids is 1. The van der Waals surface area contributed by atoms with Gasteiger partial charge in [0.15, 0.2) is 5.78 Å². The molecule has 1 fully saturated rings. The van der Waals surface area contributed by atoms with Crippen LogP contribution < -0.4 is 5.32 Å². The fourth-order valence-corrected chi connectivity index (χ4v) is 3.37. The lowest BCUT2D eigenvalue weighted by molar-refractivity contribution is -0.138. The highest BCUT2D eigenvalue weighted by Gasteiger charge is 2.23. The number of amides is 1. The number of halogens is 1. The van der Waals surface area contributed by atoms with E-state index in [1.165, 1.54) is 6.92 Å². The van der Waals surface area contributed by atoms with Gasteiger partial charge in [-0.1, -0.05) is 12.1 Å². The summed E-state index contributed by atoms with van der Waals surface area (Å²) in [6.07, 6.45) is 2.68. The summed E-state index contributed by atoms with van der Waals surface area (Å²) in [5.41, 5.74) is 1.05. The molecule has 0 radical (unpaired) electrons. The Hall–Kier alpha value is -1.96. The molecule has 1 saturated heterocycles. The number of ketones is 1. The molecule has 2 rings (SSSR count). The van der Waals surface area contributed by atoms with E-state index in [1.807, 2.05) is 11.9 Å². The second kappa shape index (κ2) is 11.0. The standard InChI is InChI=1S/C19H27N3O4.ClH/c1-14(23)16-7-3-4-8-17(16)20-18(24)12-22-10-5-6-15(9-11-22)21(2)13-19(25)26;/h3-4,7-8,15H,5-6,9-13H2,1-2H3,(H,20,24)(H,25,26);1H. The van der Waals surface area contributed by atoms with Crippen molar-refractivity contribution in [1.82, 2.24) is 9.80 Å². The number of Topliss-reactive ketones (excluding diaryl/α,β-unsaturated/α-hetero) is 1. The van der Waals surface area contributed by atoms with Gasteiger partial charge in [0.2, 0.25) is 5.91 Å². The van der Waals surface area contributed by atoms with E-state index >= 15 is 0 Å². The third-order valence-corrected chi connectivity index (χ3v) is 4.75. The van der Waals surface area contributed by atoms with Crippen molar-refractivity contribution in [3.63, 3.8) is 0 Å². The van der Waals surface area contributed by atoms with Crippen molar-refractivity contribution in [2.75, 3.05) is 38.5 Å². The molecule has 1 heterocycles. The van der Waals surface area contributed by atoms with Crippen molar-refractivity contribution in [2.45, 2.75) is 32.2 Å². The summed E-state index contributed by atoms with van der Waals surface area (Å²) in [6.45, 7) is 3.33. The van der Waals surface area contributed by atoms with E-state index in [1.54, 1.807) is 24.3 Å². The second-order valence-electron chi connectivity index (χ2n) is 6.82. The smallest absolute Gasteiger partial charge is 0.317 e. The van der Waals surface area contributed by atoms with Crippen molar-refractivity contribution in [1.29, 1.82) is 0 Å². The molecule has 0 bridgehead atoms. The molecule has 1 amide bonds. The number of aliphatic carboxylic acids is 1. The topological polar surface area (TPSA) is 90.0 Å². The Labute approximate surface area is 166 Å². The summed E-state index contributed by atoms with van der Waals surface area (Å²) >= 11 is 0. The first-order valence-electron chi connectivity index (χ1n) is 8.91. The average Bonchev–Trinajstić information content (AvgIpc) is 2.80. The number of benzene rings is 1. The number of nitrogens with zero attached hydrogens (tertiary/aromatic N) is 2. The molecule has 1 atom stereocenters. The summed E-state index contributed by atoms with van der Waals surface area (Å²) in [7, 11) is 1.83. The highest BCUT2D eigenvalue weighted by Crippen LogP contribution is 2.17. The largest absolute Gasteiger partial charge is 0.480 e. The number of carbonyl (C=O) groups excluding carboxylic acids is 2. The Morgan fingerprint density at radius 2 is 1.93 bits per heavy atom.